The zero-order valence-electron chi connectivity index (χ0n) is 27.7. The van der Waals surface area contributed by atoms with Gasteiger partial charge >= 0.3 is 6.09 Å². The highest BCUT2D eigenvalue weighted by atomic mass is 16.6. The Hall–Kier alpha value is -4.53. The number of carbonyl (C=O) groups excluding carboxylic acids is 3. The van der Waals surface area contributed by atoms with Crippen molar-refractivity contribution in [2.45, 2.75) is 97.2 Å². The maximum atomic E-state index is 14.7. The second kappa shape index (κ2) is 17.2. The number of hydrogen-bond donors (Lipinski definition) is 4. The summed E-state index contributed by atoms with van der Waals surface area (Å²) < 4.78 is 5.51. The van der Waals surface area contributed by atoms with E-state index in [1.54, 1.807) is 57.2 Å². The predicted octanol–water partition coefficient (Wildman–Crippen LogP) is 7.41. The molecule has 0 saturated carbocycles. The Kier molecular flexibility index (Phi) is 13.5. The maximum absolute atomic E-state index is 14.7. The lowest BCUT2D eigenvalue weighted by molar-refractivity contribution is -0.141. The van der Waals surface area contributed by atoms with Crippen LogP contribution in [-0.2, 0) is 20.7 Å². The highest BCUT2D eigenvalue weighted by Gasteiger charge is 2.37. The number of phenolic OH excluding ortho intramolecular Hbond substituents is 2. The Balaban J connectivity index is 2.07. The van der Waals surface area contributed by atoms with Crippen LogP contribution in [0.4, 0.5) is 10.5 Å². The summed E-state index contributed by atoms with van der Waals surface area (Å²) in [4.78, 5) is 43.4. The molecule has 46 heavy (non-hydrogen) atoms. The third kappa shape index (κ3) is 11.1. The number of aromatic hydroxyl groups is 2. The van der Waals surface area contributed by atoms with Gasteiger partial charge in [0.25, 0.3) is 5.91 Å². The Morgan fingerprint density at radius 2 is 1.48 bits per heavy atom. The van der Waals surface area contributed by atoms with Crippen LogP contribution in [-0.4, -0.2) is 51.2 Å². The number of nitrogens with zero attached hydrogens (tertiary/aromatic N) is 1. The molecule has 0 aliphatic heterocycles. The second-order valence-corrected chi connectivity index (χ2v) is 12.6. The van der Waals surface area contributed by atoms with E-state index in [1.807, 2.05) is 25.1 Å². The lowest BCUT2D eigenvalue weighted by atomic mass is 9.98. The summed E-state index contributed by atoms with van der Waals surface area (Å²) >= 11 is 0. The van der Waals surface area contributed by atoms with Crippen LogP contribution in [0.25, 0.3) is 0 Å². The van der Waals surface area contributed by atoms with Crippen molar-refractivity contribution < 1.29 is 29.3 Å². The van der Waals surface area contributed by atoms with Crippen molar-refractivity contribution in [3.05, 3.63) is 89.5 Å². The number of nitrogens with one attached hydrogen (secondary N) is 2. The zero-order chi connectivity index (χ0) is 33.7. The standard InChI is InChI=1S/C37H49N3O6/c1-6-7-8-9-10-15-24-40(33(29-17-12-14-19-32(29)42)34(43)38-30-18-13-11-16-26(30)2)35(44)31(39-36(45)46-37(3,4)5)25-27-20-22-28(41)23-21-27/h11-14,16-23,31,33,41-42H,6-10,15,24-25H2,1-5H3,(H,38,43)(H,39,45). The molecule has 0 radical (unpaired) electrons. The van der Waals surface area contributed by atoms with Crippen molar-refractivity contribution in [2.75, 3.05) is 11.9 Å². The van der Waals surface area contributed by atoms with Crippen LogP contribution in [0.15, 0.2) is 72.8 Å². The molecular formula is C37H49N3O6. The van der Waals surface area contributed by atoms with Gasteiger partial charge in [0.15, 0.2) is 0 Å². The molecule has 0 spiro atoms. The largest absolute Gasteiger partial charge is 0.508 e. The van der Waals surface area contributed by atoms with Crippen molar-refractivity contribution in [2.24, 2.45) is 0 Å². The number of alkyl carbamates (subject to hydrolysis) is 1. The van der Waals surface area contributed by atoms with Gasteiger partial charge in [0.05, 0.1) is 0 Å². The first-order chi connectivity index (χ1) is 21.9. The van der Waals surface area contributed by atoms with Crippen LogP contribution >= 0.6 is 0 Å². The van der Waals surface area contributed by atoms with Gasteiger partial charge < -0.3 is 30.5 Å². The number of carbonyl (C=O) groups is 3. The summed E-state index contributed by atoms with van der Waals surface area (Å²) in [6.07, 6.45) is 5.06. The van der Waals surface area contributed by atoms with E-state index >= 15 is 0 Å². The molecule has 0 aromatic heterocycles. The highest BCUT2D eigenvalue weighted by Crippen LogP contribution is 2.32. The third-order valence-electron chi connectivity index (χ3n) is 7.60. The summed E-state index contributed by atoms with van der Waals surface area (Å²) in [7, 11) is 0. The molecule has 0 fully saturated rings. The number of anilines is 1. The minimum absolute atomic E-state index is 0.0731. The van der Waals surface area contributed by atoms with Crippen LogP contribution in [0.1, 0.15) is 89.0 Å². The molecule has 248 valence electrons. The molecular weight excluding hydrogens is 582 g/mol. The number of benzene rings is 3. The number of aryl methyl sites for hydroxylation is 1. The molecule has 3 aromatic rings. The number of amides is 3. The van der Waals surface area contributed by atoms with E-state index in [0.717, 1.165) is 37.7 Å². The zero-order valence-corrected chi connectivity index (χ0v) is 27.7. The van der Waals surface area contributed by atoms with Crippen LogP contribution in [0.2, 0.25) is 0 Å². The summed E-state index contributed by atoms with van der Waals surface area (Å²) in [5.41, 5.74) is 1.59. The van der Waals surface area contributed by atoms with Gasteiger partial charge in [-0.15, -0.1) is 0 Å². The van der Waals surface area contributed by atoms with Gasteiger partial charge in [0.2, 0.25) is 5.91 Å². The van der Waals surface area contributed by atoms with E-state index in [4.69, 9.17) is 4.74 Å². The molecule has 0 aliphatic carbocycles. The first-order valence-electron chi connectivity index (χ1n) is 16.1. The smallest absolute Gasteiger partial charge is 0.408 e. The minimum atomic E-state index is -1.20. The Bertz CT molecular complexity index is 1430. The fraction of sp³-hybridized carbons (Fsp3) is 0.432. The Morgan fingerprint density at radius 1 is 0.848 bits per heavy atom. The molecule has 0 saturated heterocycles. The van der Waals surface area contributed by atoms with E-state index in [-0.39, 0.29) is 30.0 Å². The van der Waals surface area contributed by atoms with Crippen molar-refractivity contribution in [3.63, 3.8) is 0 Å². The summed E-state index contributed by atoms with van der Waals surface area (Å²) in [5, 5.41) is 26.5. The molecule has 3 rings (SSSR count). The van der Waals surface area contributed by atoms with E-state index in [0.29, 0.717) is 17.7 Å². The fourth-order valence-corrected chi connectivity index (χ4v) is 5.23. The quantitative estimate of drug-likeness (QED) is 0.129. The lowest BCUT2D eigenvalue weighted by Gasteiger charge is -2.35. The van der Waals surface area contributed by atoms with E-state index in [9.17, 15) is 24.6 Å². The summed E-state index contributed by atoms with van der Waals surface area (Å²) in [6, 6.07) is 17.9. The molecule has 0 heterocycles. The first kappa shape index (κ1) is 35.9. The van der Waals surface area contributed by atoms with Crippen LogP contribution < -0.4 is 10.6 Å². The van der Waals surface area contributed by atoms with Gasteiger partial charge in [-0.3, -0.25) is 9.59 Å². The fourth-order valence-electron chi connectivity index (χ4n) is 5.23. The second-order valence-electron chi connectivity index (χ2n) is 12.6. The van der Waals surface area contributed by atoms with Crippen molar-refractivity contribution in [1.82, 2.24) is 10.2 Å². The number of unbranched alkanes of at least 4 members (excludes halogenated alkanes) is 5. The number of rotatable bonds is 15. The van der Waals surface area contributed by atoms with E-state index in [2.05, 4.69) is 17.6 Å². The lowest BCUT2D eigenvalue weighted by Crippen LogP contribution is -2.53. The van der Waals surface area contributed by atoms with E-state index < -0.39 is 35.6 Å². The summed E-state index contributed by atoms with van der Waals surface area (Å²) in [6.45, 7) is 9.45. The van der Waals surface area contributed by atoms with Crippen molar-refractivity contribution in [3.8, 4) is 11.5 Å². The van der Waals surface area contributed by atoms with Crippen LogP contribution in [0, 0.1) is 6.92 Å². The molecule has 9 heteroatoms. The van der Waals surface area contributed by atoms with Gasteiger partial charge in [-0.25, -0.2) is 4.79 Å². The minimum Gasteiger partial charge on any atom is -0.508 e. The average molecular weight is 632 g/mol. The monoisotopic (exact) mass is 631 g/mol. The number of hydrogen-bond acceptors (Lipinski definition) is 6. The third-order valence-corrected chi connectivity index (χ3v) is 7.60. The maximum Gasteiger partial charge on any atom is 0.408 e. The molecule has 0 bridgehead atoms. The predicted molar refractivity (Wildman–Crippen MR) is 181 cm³/mol. The Morgan fingerprint density at radius 3 is 2.13 bits per heavy atom. The summed E-state index contributed by atoms with van der Waals surface area (Å²) in [5.74, 6) is -1.04. The molecule has 9 nitrogen and oxygen atoms in total. The van der Waals surface area contributed by atoms with Gasteiger partial charge in [0, 0.05) is 24.2 Å². The molecule has 3 aromatic carbocycles. The number of para-hydroxylation sites is 2. The Labute approximate surface area is 273 Å². The normalized spacial score (nSPS) is 12.5. The van der Waals surface area contributed by atoms with Crippen LogP contribution in [0.3, 0.4) is 0 Å². The number of ether oxygens (including phenoxy) is 1. The van der Waals surface area contributed by atoms with Gasteiger partial charge in [-0.2, -0.15) is 0 Å². The van der Waals surface area contributed by atoms with Gasteiger partial charge in [0.1, 0.15) is 29.2 Å². The van der Waals surface area contributed by atoms with Crippen LogP contribution in [0.5, 0.6) is 11.5 Å². The molecule has 2 unspecified atom stereocenters. The topological polar surface area (TPSA) is 128 Å². The first-order valence-corrected chi connectivity index (χ1v) is 16.1. The van der Waals surface area contributed by atoms with E-state index in [1.165, 1.54) is 23.1 Å². The van der Waals surface area contributed by atoms with Crippen molar-refractivity contribution in [1.29, 1.82) is 0 Å². The van der Waals surface area contributed by atoms with Crippen molar-refractivity contribution >= 4 is 23.6 Å². The SMILES string of the molecule is CCCCCCCCN(C(=O)C(Cc1ccc(O)cc1)NC(=O)OC(C)(C)C)C(C(=O)Nc1ccccc1C)c1ccccc1O. The highest BCUT2D eigenvalue weighted by molar-refractivity contribution is 5.99. The molecule has 0 aliphatic rings. The number of phenols is 2. The molecule has 4 N–H and O–H groups in total. The average Bonchev–Trinajstić information content (AvgIpc) is 2.99. The van der Waals surface area contributed by atoms with Gasteiger partial charge in [-0.1, -0.05) is 87.6 Å². The van der Waals surface area contributed by atoms with Gasteiger partial charge in [-0.05, 0) is 69.5 Å². The molecule has 3 amide bonds. The molecule has 2 atom stereocenters.